The number of carbonyl (C=O) groups is 1. The van der Waals surface area contributed by atoms with Gasteiger partial charge in [0, 0.05) is 13.0 Å². The molecule has 0 radical (unpaired) electrons. The molecule has 0 saturated carbocycles. The Kier molecular flexibility index (Phi) is 6.60. The Balaban J connectivity index is 3.60. The van der Waals surface area contributed by atoms with E-state index in [2.05, 4.69) is 39.9 Å². The predicted molar refractivity (Wildman–Crippen MR) is 61.1 cm³/mol. The van der Waals surface area contributed by atoms with Crippen LogP contribution < -0.4 is 5.32 Å². The van der Waals surface area contributed by atoms with E-state index in [1.165, 1.54) is 0 Å². The van der Waals surface area contributed by atoms with Crippen LogP contribution in [0.1, 0.15) is 47.5 Å². The van der Waals surface area contributed by atoms with Crippen LogP contribution in [0, 0.1) is 17.8 Å². The monoisotopic (exact) mass is 199 g/mol. The zero-order chi connectivity index (χ0) is 11.1. The van der Waals surface area contributed by atoms with Gasteiger partial charge in [0.2, 0.25) is 5.91 Å². The van der Waals surface area contributed by atoms with Crippen LogP contribution in [-0.2, 0) is 4.79 Å². The maximum Gasteiger partial charge on any atom is 0.220 e. The average Bonchev–Trinajstić information content (AvgIpc) is 1.98. The molecule has 2 heteroatoms. The fourth-order valence-electron chi connectivity index (χ4n) is 1.59. The lowest BCUT2D eigenvalue weighted by atomic mass is 9.96. The summed E-state index contributed by atoms with van der Waals surface area (Å²) in [4.78, 5) is 11.4. The van der Waals surface area contributed by atoms with Gasteiger partial charge in [-0.25, -0.2) is 0 Å². The predicted octanol–water partition coefficient (Wildman–Crippen LogP) is 2.83. The highest BCUT2D eigenvalue weighted by atomic mass is 16.1. The number of amides is 1. The first-order valence-corrected chi connectivity index (χ1v) is 5.68. The average molecular weight is 199 g/mol. The van der Waals surface area contributed by atoms with Gasteiger partial charge in [-0.05, 0) is 24.2 Å². The first-order valence-electron chi connectivity index (χ1n) is 5.68. The Morgan fingerprint density at radius 2 is 1.64 bits per heavy atom. The van der Waals surface area contributed by atoms with Gasteiger partial charge < -0.3 is 5.32 Å². The molecule has 0 aliphatic rings. The fraction of sp³-hybridized carbons (Fsp3) is 0.917. The zero-order valence-electron chi connectivity index (χ0n) is 10.3. The summed E-state index contributed by atoms with van der Waals surface area (Å²) in [5.41, 5.74) is 0. The van der Waals surface area contributed by atoms with Crippen LogP contribution in [0.15, 0.2) is 0 Å². The molecule has 0 bridgehead atoms. The van der Waals surface area contributed by atoms with Crippen molar-refractivity contribution in [1.29, 1.82) is 0 Å². The molecule has 14 heavy (non-hydrogen) atoms. The van der Waals surface area contributed by atoms with Gasteiger partial charge in [0.15, 0.2) is 0 Å². The topological polar surface area (TPSA) is 29.1 Å². The maximum absolute atomic E-state index is 11.4. The van der Waals surface area contributed by atoms with E-state index in [4.69, 9.17) is 0 Å². The third kappa shape index (κ3) is 8.09. The van der Waals surface area contributed by atoms with E-state index in [0.717, 1.165) is 13.0 Å². The van der Waals surface area contributed by atoms with Crippen LogP contribution in [0.25, 0.3) is 0 Å². The van der Waals surface area contributed by atoms with E-state index in [1.807, 2.05) is 0 Å². The third-order valence-corrected chi connectivity index (χ3v) is 2.12. The molecule has 0 spiro atoms. The lowest BCUT2D eigenvalue weighted by Gasteiger charge is -2.14. The highest BCUT2D eigenvalue weighted by molar-refractivity contribution is 5.76. The van der Waals surface area contributed by atoms with Crippen molar-refractivity contribution in [2.24, 2.45) is 17.8 Å². The SMILES string of the molecule is CC(C)CNC(=O)CC(C)CC(C)C. The molecule has 0 aromatic carbocycles. The summed E-state index contributed by atoms with van der Waals surface area (Å²) in [6, 6.07) is 0. The number of rotatable bonds is 6. The van der Waals surface area contributed by atoms with Crippen LogP contribution in [0.2, 0.25) is 0 Å². The van der Waals surface area contributed by atoms with Gasteiger partial charge in [0.1, 0.15) is 0 Å². The van der Waals surface area contributed by atoms with Gasteiger partial charge in [-0.15, -0.1) is 0 Å². The van der Waals surface area contributed by atoms with Gasteiger partial charge in [0.05, 0.1) is 0 Å². The molecular formula is C12H25NO. The van der Waals surface area contributed by atoms with Crippen molar-refractivity contribution in [3.63, 3.8) is 0 Å². The van der Waals surface area contributed by atoms with Gasteiger partial charge in [0.25, 0.3) is 0 Å². The largest absolute Gasteiger partial charge is 0.356 e. The van der Waals surface area contributed by atoms with Crippen LogP contribution in [0.5, 0.6) is 0 Å². The molecule has 0 saturated heterocycles. The Bertz CT molecular complexity index is 164. The third-order valence-electron chi connectivity index (χ3n) is 2.12. The number of carbonyl (C=O) groups excluding carboxylic acids is 1. The molecule has 2 nitrogen and oxygen atoms in total. The molecule has 1 N–H and O–H groups in total. The summed E-state index contributed by atoms with van der Waals surface area (Å²) in [6.07, 6.45) is 1.81. The highest BCUT2D eigenvalue weighted by Crippen LogP contribution is 2.14. The van der Waals surface area contributed by atoms with Crippen molar-refractivity contribution in [2.45, 2.75) is 47.5 Å². The summed E-state index contributed by atoms with van der Waals surface area (Å²) in [6.45, 7) is 11.6. The smallest absolute Gasteiger partial charge is 0.220 e. The summed E-state index contributed by atoms with van der Waals surface area (Å²) < 4.78 is 0. The van der Waals surface area contributed by atoms with Crippen LogP contribution in [0.4, 0.5) is 0 Å². The van der Waals surface area contributed by atoms with Gasteiger partial charge in [-0.1, -0.05) is 34.6 Å². The highest BCUT2D eigenvalue weighted by Gasteiger charge is 2.10. The number of hydrogen-bond donors (Lipinski definition) is 1. The molecule has 0 rings (SSSR count). The molecule has 0 aliphatic carbocycles. The molecule has 0 heterocycles. The Morgan fingerprint density at radius 3 is 2.07 bits per heavy atom. The van der Waals surface area contributed by atoms with Crippen molar-refractivity contribution in [3.05, 3.63) is 0 Å². The summed E-state index contributed by atoms with van der Waals surface area (Å²) in [7, 11) is 0. The maximum atomic E-state index is 11.4. The molecule has 0 aliphatic heterocycles. The molecule has 0 fully saturated rings. The van der Waals surface area contributed by atoms with E-state index in [1.54, 1.807) is 0 Å². The van der Waals surface area contributed by atoms with Crippen molar-refractivity contribution >= 4 is 5.91 Å². The molecule has 0 aromatic rings. The second kappa shape index (κ2) is 6.86. The summed E-state index contributed by atoms with van der Waals surface area (Å²) >= 11 is 0. The normalized spacial score (nSPS) is 13.4. The minimum Gasteiger partial charge on any atom is -0.356 e. The summed E-state index contributed by atoms with van der Waals surface area (Å²) in [5.74, 6) is 1.93. The molecular weight excluding hydrogens is 174 g/mol. The molecule has 1 atom stereocenters. The lowest BCUT2D eigenvalue weighted by Crippen LogP contribution is -2.28. The molecule has 1 unspecified atom stereocenters. The Morgan fingerprint density at radius 1 is 1.07 bits per heavy atom. The number of nitrogens with one attached hydrogen (secondary N) is 1. The minimum absolute atomic E-state index is 0.201. The quantitative estimate of drug-likeness (QED) is 0.700. The fourth-order valence-corrected chi connectivity index (χ4v) is 1.59. The first-order chi connectivity index (χ1) is 6.41. The second-order valence-electron chi connectivity index (χ2n) is 5.14. The molecule has 84 valence electrons. The van der Waals surface area contributed by atoms with E-state index < -0.39 is 0 Å². The van der Waals surface area contributed by atoms with E-state index in [0.29, 0.717) is 24.2 Å². The Labute approximate surface area is 88.5 Å². The summed E-state index contributed by atoms with van der Waals surface area (Å²) in [5, 5.41) is 2.95. The van der Waals surface area contributed by atoms with Crippen molar-refractivity contribution in [3.8, 4) is 0 Å². The van der Waals surface area contributed by atoms with Crippen LogP contribution >= 0.6 is 0 Å². The second-order valence-corrected chi connectivity index (χ2v) is 5.14. The van der Waals surface area contributed by atoms with Crippen LogP contribution in [0.3, 0.4) is 0 Å². The van der Waals surface area contributed by atoms with E-state index >= 15 is 0 Å². The molecule has 0 aromatic heterocycles. The Hall–Kier alpha value is -0.530. The molecule has 1 amide bonds. The zero-order valence-corrected chi connectivity index (χ0v) is 10.3. The van der Waals surface area contributed by atoms with E-state index in [9.17, 15) is 4.79 Å². The van der Waals surface area contributed by atoms with Crippen molar-refractivity contribution in [1.82, 2.24) is 5.32 Å². The number of hydrogen-bond acceptors (Lipinski definition) is 1. The lowest BCUT2D eigenvalue weighted by molar-refractivity contribution is -0.122. The van der Waals surface area contributed by atoms with Crippen LogP contribution in [-0.4, -0.2) is 12.5 Å². The minimum atomic E-state index is 0.201. The van der Waals surface area contributed by atoms with Gasteiger partial charge in [-0.3, -0.25) is 4.79 Å². The van der Waals surface area contributed by atoms with Gasteiger partial charge in [-0.2, -0.15) is 0 Å². The van der Waals surface area contributed by atoms with Crippen molar-refractivity contribution < 1.29 is 4.79 Å². The first kappa shape index (κ1) is 13.5. The van der Waals surface area contributed by atoms with E-state index in [-0.39, 0.29) is 5.91 Å². The van der Waals surface area contributed by atoms with Gasteiger partial charge >= 0.3 is 0 Å². The van der Waals surface area contributed by atoms with Crippen molar-refractivity contribution in [2.75, 3.05) is 6.54 Å². The standard InChI is InChI=1S/C12H25NO/c1-9(2)6-11(5)7-12(14)13-8-10(3)4/h9-11H,6-8H2,1-5H3,(H,13,14).